The summed E-state index contributed by atoms with van der Waals surface area (Å²) < 4.78 is 0. The van der Waals surface area contributed by atoms with Gasteiger partial charge in [-0.15, -0.1) is 76.0 Å². The Hall–Kier alpha value is -2.36. The van der Waals surface area contributed by atoms with Crippen LogP contribution < -0.4 is 0 Å². The number of terminal acetylenes is 1. The molecule has 1 saturated carbocycles. The number of halogens is 6. The van der Waals surface area contributed by atoms with E-state index in [4.69, 9.17) is 76.0 Å². The van der Waals surface area contributed by atoms with Crippen LogP contribution in [-0.4, -0.2) is 0 Å². The van der Waals surface area contributed by atoms with Gasteiger partial charge in [0.2, 0.25) is 0 Å². The van der Waals surface area contributed by atoms with E-state index in [0.717, 1.165) is 34.6 Å². The lowest BCUT2D eigenvalue weighted by atomic mass is 9.83. The molecule has 53 heavy (non-hydrogen) atoms. The van der Waals surface area contributed by atoms with Gasteiger partial charge < -0.3 is 0 Å². The van der Waals surface area contributed by atoms with E-state index in [0.29, 0.717) is 35.3 Å². The second-order valence-electron chi connectivity index (χ2n) is 14.7. The van der Waals surface area contributed by atoms with E-state index in [2.05, 4.69) is 100 Å². The first kappa shape index (κ1) is 46.8. The van der Waals surface area contributed by atoms with Crippen molar-refractivity contribution in [1.82, 2.24) is 0 Å². The van der Waals surface area contributed by atoms with Gasteiger partial charge in [-0.05, 0) is 148 Å². The third kappa shape index (κ3) is 16.5. The molecule has 0 radical (unpaired) electrons. The summed E-state index contributed by atoms with van der Waals surface area (Å²) in [4.78, 5) is 0. The van der Waals surface area contributed by atoms with Gasteiger partial charge >= 0.3 is 0 Å². The van der Waals surface area contributed by atoms with Gasteiger partial charge in [-0.25, -0.2) is 0 Å². The number of hydrogen-bond acceptors (Lipinski definition) is 0. The standard InChI is InChI=1S/C17H10Cl2.C16H22Cl2.C14H20Cl2/c1-3-4-5-6-7-8-9-15-11-16(12-18)14(2)10-17(15)13-19;1-12-7-16(11-18)14(9-15(12)10-17)8-13-5-3-2-4-6-13;1-10-5-13(9-16)11(6-12(10)8-15)7-14(2,3)4/h1,10-11H,12-13H2,2H3;7,9,13H,2-6,8,10-11H2,1H3;5-6H,7-9H2,1-4H3. The summed E-state index contributed by atoms with van der Waals surface area (Å²) in [5.74, 6) is 22.0. The zero-order valence-electron chi connectivity index (χ0n) is 32.1. The Kier molecular flexibility index (Phi) is 22.0. The first-order valence-corrected chi connectivity index (χ1v) is 21.2. The number of rotatable bonds is 9. The van der Waals surface area contributed by atoms with Gasteiger partial charge in [0.05, 0.1) is 0 Å². The molecule has 0 aromatic heterocycles. The maximum atomic E-state index is 6.08. The molecular weight excluding hydrogens is 777 g/mol. The lowest BCUT2D eigenvalue weighted by Gasteiger charge is -2.23. The Morgan fingerprint density at radius 1 is 0.528 bits per heavy atom. The Morgan fingerprint density at radius 2 is 0.962 bits per heavy atom. The van der Waals surface area contributed by atoms with E-state index in [-0.39, 0.29) is 5.41 Å². The molecular formula is C47H52Cl6. The molecule has 3 aromatic rings. The molecule has 0 amide bonds. The summed E-state index contributed by atoms with van der Waals surface area (Å²) in [6.45, 7) is 12.9. The number of benzene rings is 3. The highest BCUT2D eigenvalue weighted by molar-refractivity contribution is 6.18. The molecule has 1 aliphatic rings. The zero-order valence-corrected chi connectivity index (χ0v) is 36.6. The van der Waals surface area contributed by atoms with E-state index in [1.807, 2.05) is 19.1 Å². The first-order chi connectivity index (χ1) is 25.3. The molecule has 0 bridgehead atoms. The van der Waals surface area contributed by atoms with Crippen LogP contribution in [0.15, 0.2) is 36.4 Å². The van der Waals surface area contributed by atoms with Crippen molar-refractivity contribution in [2.75, 3.05) is 0 Å². The molecule has 3 aromatic carbocycles. The summed E-state index contributed by atoms with van der Waals surface area (Å²) in [6.07, 6.45) is 14.2. The van der Waals surface area contributed by atoms with Crippen LogP contribution in [0.1, 0.15) is 120 Å². The van der Waals surface area contributed by atoms with Crippen LogP contribution in [0.3, 0.4) is 0 Å². The van der Waals surface area contributed by atoms with Crippen LogP contribution in [0.4, 0.5) is 0 Å². The van der Waals surface area contributed by atoms with E-state index < -0.39 is 0 Å². The van der Waals surface area contributed by atoms with Crippen molar-refractivity contribution >= 4 is 69.6 Å². The maximum Gasteiger partial charge on any atom is 0.0486 e. The second kappa shape index (κ2) is 24.9. The molecule has 4 rings (SSSR count). The topological polar surface area (TPSA) is 0 Å². The third-order valence-corrected chi connectivity index (χ3v) is 10.9. The zero-order chi connectivity index (χ0) is 39.4. The van der Waals surface area contributed by atoms with Crippen LogP contribution in [0.2, 0.25) is 0 Å². The highest BCUT2D eigenvalue weighted by Crippen LogP contribution is 2.30. The van der Waals surface area contributed by atoms with Crippen molar-refractivity contribution in [3.63, 3.8) is 0 Å². The molecule has 282 valence electrons. The number of alkyl halides is 6. The fourth-order valence-corrected chi connectivity index (χ4v) is 7.89. The van der Waals surface area contributed by atoms with Crippen molar-refractivity contribution in [3.05, 3.63) is 103 Å². The van der Waals surface area contributed by atoms with Gasteiger partial charge in [-0.2, -0.15) is 0 Å². The van der Waals surface area contributed by atoms with E-state index in [9.17, 15) is 0 Å². The fourth-order valence-electron chi connectivity index (χ4n) is 6.30. The molecule has 0 aliphatic heterocycles. The van der Waals surface area contributed by atoms with Gasteiger partial charge in [-0.3, -0.25) is 0 Å². The number of aryl methyl sites for hydroxylation is 3. The summed E-state index contributed by atoms with van der Waals surface area (Å²) in [5.41, 5.74) is 14.5. The molecule has 0 heterocycles. The third-order valence-electron chi connectivity index (χ3n) is 9.22. The van der Waals surface area contributed by atoms with Gasteiger partial charge in [0.25, 0.3) is 0 Å². The molecule has 1 aliphatic carbocycles. The van der Waals surface area contributed by atoms with Gasteiger partial charge in [0.1, 0.15) is 0 Å². The van der Waals surface area contributed by atoms with Crippen molar-refractivity contribution in [3.8, 4) is 47.9 Å². The average Bonchev–Trinajstić information content (AvgIpc) is 3.14. The molecule has 6 heteroatoms. The Bertz CT molecular complexity index is 1870. The highest BCUT2D eigenvalue weighted by Gasteiger charge is 2.17. The van der Waals surface area contributed by atoms with Crippen LogP contribution in [0.25, 0.3) is 0 Å². The fraction of sp³-hybridized carbons (Fsp3) is 0.447. The van der Waals surface area contributed by atoms with Crippen molar-refractivity contribution in [2.45, 2.75) is 122 Å². The summed E-state index contributed by atoms with van der Waals surface area (Å²) in [5, 5.41) is 0. The van der Waals surface area contributed by atoms with E-state index in [1.54, 1.807) is 0 Å². The smallest absolute Gasteiger partial charge is 0.0486 e. The Labute approximate surface area is 351 Å². The molecule has 0 spiro atoms. The molecule has 0 nitrogen and oxygen atoms in total. The minimum Gasteiger partial charge on any atom is -0.122 e. The minimum atomic E-state index is 0.277. The lowest BCUT2D eigenvalue weighted by molar-refractivity contribution is 0.356. The van der Waals surface area contributed by atoms with E-state index in [1.165, 1.54) is 83.0 Å². The van der Waals surface area contributed by atoms with Crippen LogP contribution in [0.5, 0.6) is 0 Å². The molecule has 0 atom stereocenters. The summed E-state index contributed by atoms with van der Waals surface area (Å²) in [6, 6.07) is 12.8. The molecule has 0 unspecified atom stereocenters. The Morgan fingerprint density at radius 3 is 1.45 bits per heavy atom. The van der Waals surface area contributed by atoms with Crippen molar-refractivity contribution < 1.29 is 0 Å². The quantitative estimate of drug-likeness (QED) is 0.149. The average molecular weight is 830 g/mol. The summed E-state index contributed by atoms with van der Waals surface area (Å²) in [7, 11) is 0. The largest absolute Gasteiger partial charge is 0.122 e. The lowest BCUT2D eigenvalue weighted by Crippen LogP contribution is -2.11. The predicted molar refractivity (Wildman–Crippen MR) is 236 cm³/mol. The minimum absolute atomic E-state index is 0.277. The highest BCUT2D eigenvalue weighted by atomic mass is 35.5. The maximum absolute atomic E-state index is 6.08. The van der Waals surface area contributed by atoms with Crippen LogP contribution in [0, 0.1) is 80.0 Å². The van der Waals surface area contributed by atoms with E-state index >= 15 is 0 Å². The predicted octanol–water partition coefficient (Wildman–Crippen LogP) is 14.1. The normalized spacial score (nSPS) is 12.2. The van der Waals surface area contributed by atoms with Crippen LogP contribution >= 0.6 is 69.6 Å². The second-order valence-corrected chi connectivity index (χ2v) is 16.3. The van der Waals surface area contributed by atoms with Gasteiger partial charge in [0.15, 0.2) is 0 Å². The Balaban J connectivity index is 0.000000276. The monoisotopic (exact) mass is 826 g/mol. The first-order valence-electron chi connectivity index (χ1n) is 18.0. The molecule has 0 N–H and O–H groups in total. The number of hydrogen-bond donors (Lipinski definition) is 0. The van der Waals surface area contributed by atoms with Crippen molar-refractivity contribution in [2.24, 2.45) is 11.3 Å². The summed E-state index contributed by atoms with van der Waals surface area (Å²) >= 11 is 35.8. The van der Waals surface area contributed by atoms with Crippen LogP contribution in [-0.2, 0) is 48.1 Å². The van der Waals surface area contributed by atoms with Gasteiger partial charge in [0, 0.05) is 40.8 Å². The van der Waals surface area contributed by atoms with Gasteiger partial charge in [-0.1, -0.05) is 89.1 Å². The molecule has 0 saturated heterocycles. The van der Waals surface area contributed by atoms with Crippen molar-refractivity contribution in [1.29, 1.82) is 0 Å². The SMILES string of the molecule is C#CC#CC#CC#Cc1cc(CCl)c(C)cc1CCl.Cc1cc(CCl)c(CC(C)(C)C)cc1CCl.Cc1cc(CCl)c(CC2CCCCC2)cc1CCl. The molecule has 1 fully saturated rings.